The van der Waals surface area contributed by atoms with E-state index in [4.69, 9.17) is 4.74 Å². The molecule has 144 valence electrons. The van der Waals surface area contributed by atoms with Gasteiger partial charge in [0.15, 0.2) is 5.76 Å². The first kappa shape index (κ1) is 19.6. The SMILES string of the molecule is COC1=C(Br)CNC=C1NCc1ccc2nccnc2c1.C[C@H]1CCCN1. The van der Waals surface area contributed by atoms with Crippen LogP contribution in [0.4, 0.5) is 0 Å². The number of dihydropyridines is 1. The van der Waals surface area contributed by atoms with Crippen molar-refractivity contribution in [1.29, 1.82) is 0 Å². The minimum atomic E-state index is 0.688. The van der Waals surface area contributed by atoms with Crippen LogP contribution in [0.5, 0.6) is 0 Å². The average molecular weight is 432 g/mol. The highest BCUT2D eigenvalue weighted by atomic mass is 79.9. The fourth-order valence-corrected chi connectivity index (χ4v) is 3.60. The summed E-state index contributed by atoms with van der Waals surface area (Å²) in [4.78, 5) is 8.59. The molecule has 6 nitrogen and oxygen atoms in total. The molecule has 3 N–H and O–H groups in total. The molecule has 1 aromatic heterocycles. The van der Waals surface area contributed by atoms with Gasteiger partial charge in [-0.1, -0.05) is 6.07 Å². The summed E-state index contributed by atoms with van der Waals surface area (Å²) in [6.45, 7) is 4.89. The van der Waals surface area contributed by atoms with Crippen LogP contribution in [0.1, 0.15) is 25.3 Å². The summed E-state index contributed by atoms with van der Waals surface area (Å²) in [6, 6.07) is 6.87. The summed E-state index contributed by atoms with van der Waals surface area (Å²) in [5.41, 5.74) is 3.87. The van der Waals surface area contributed by atoms with Gasteiger partial charge in [-0.15, -0.1) is 0 Å². The van der Waals surface area contributed by atoms with E-state index >= 15 is 0 Å². The van der Waals surface area contributed by atoms with Crippen LogP contribution in [0.2, 0.25) is 0 Å². The summed E-state index contributed by atoms with van der Waals surface area (Å²) in [5.74, 6) is 0.828. The molecule has 2 aliphatic heterocycles. The number of fused-ring (bicyclic) bond motifs is 1. The molecule has 1 saturated heterocycles. The molecule has 1 aromatic carbocycles. The summed E-state index contributed by atoms with van der Waals surface area (Å²) in [6.07, 6.45) is 8.08. The van der Waals surface area contributed by atoms with Crippen LogP contribution in [0.15, 0.2) is 52.7 Å². The third kappa shape index (κ3) is 5.43. The zero-order chi connectivity index (χ0) is 19.1. The van der Waals surface area contributed by atoms with Crippen molar-refractivity contribution in [2.45, 2.75) is 32.4 Å². The number of nitrogens with one attached hydrogen (secondary N) is 3. The van der Waals surface area contributed by atoms with Gasteiger partial charge in [-0.25, -0.2) is 0 Å². The minimum absolute atomic E-state index is 0.688. The van der Waals surface area contributed by atoms with E-state index < -0.39 is 0 Å². The molecule has 1 fully saturated rings. The van der Waals surface area contributed by atoms with Gasteiger partial charge in [0.2, 0.25) is 0 Å². The number of aromatic nitrogens is 2. The lowest BCUT2D eigenvalue weighted by Gasteiger charge is -2.20. The smallest absolute Gasteiger partial charge is 0.155 e. The van der Waals surface area contributed by atoms with Gasteiger partial charge in [-0.3, -0.25) is 9.97 Å². The van der Waals surface area contributed by atoms with Gasteiger partial charge in [-0.05, 0) is 59.9 Å². The molecule has 0 radical (unpaired) electrons. The first-order chi connectivity index (χ1) is 13.2. The van der Waals surface area contributed by atoms with E-state index in [0.717, 1.165) is 45.1 Å². The largest absolute Gasteiger partial charge is 0.494 e. The molecule has 27 heavy (non-hydrogen) atoms. The molecule has 0 spiro atoms. The highest BCUT2D eigenvalue weighted by Crippen LogP contribution is 2.21. The third-order valence-electron chi connectivity index (χ3n) is 4.52. The maximum absolute atomic E-state index is 5.41. The number of rotatable bonds is 4. The second-order valence-electron chi connectivity index (χ2n) is 6.61. The van der Waals surface area contributed by atoms with Crippen LogP contribution in [0.3, 0.4) is 0 Å². The Morgan fingerprint density at radius 1 is 1.26 bits per heavy atom. The molecular weight excluding hydrogens is 406 g/mol. The van der Waals surface area contributed by atoms with E-state index in [1.54, 1.807) is 19.5 Å². The van der Waals surface area contributed by atoms with Crippen LogP contribution in [0, 0.1) is 0 Å². The number of nitrogens with zero attached hydrogens (tertiary/aromatic N) is 2. The van der Waals surface area contributed by atoms with E-state index in [-0.39, 0.29) is 0 Å². The normalized spacial score (nSPS) is 19.1. The minimum Gasteiger partial charge on any atom is -0.494 e. The van der Waals surface area contributed by atoms with Gasteiger partial charge in [0.05, 0.1) is 28.3 Å². The number of benzene rings is 1. The van der Waals surface area contributed by atoms with Crippen molar-refractivity contribution >= 4 is 27.0 Å². The Labute approximate surface area is 168 Å². The molecule has 2 aliphatic rings. The van der Waals surface area contributed by atoms with Gasteiger partial charge in [0.25, 0.3) is 0 Å². The van der Waals surface area contributed by atoms with E-state index in [2.05, 4.69) is 48.8 Å². The zero-order valence-corrected chi connectivity index (χ0v) is 17.3. The van der Waals surface area contributed by atoms with Crippen molar-refractivity contribution in [2.75, 3.05) is 20.2 Å². The van der Waals surface area contributed by atoms with Crippen LogP contribution in [0.25, 0.3) is 11.0 Å². The Balaban J connectivity index is 0.000000299. The van der Waals surface area contributed by atoms with E-state index in [0.29, 0.717) is 6.54 Å². The number of halogens is 1. The molecule has 4 rings (SSSR count). The van der Waals surface area contributed by atoms with E-state index in [1.165, 1.54) is 19.4 Å². The van der Waals surface area contributed by atoms with Crippen molar-refractivity contribution in [1.82, 2.24) is 25.9 Å². The lowest BCUT2D eigenvalue weighted by Crippen LogP contribution is -2.25. The van der Waals surface area contributed by atoms with E-state index in [9.17, 15) is 0 Å². The van der Waals surface area contributed by atoms with Crippen LogP contribution in [-0.2, 0) is 11.3 Å². The standard InChI is InChI=1S/C15H15BrN4O.C5H11N/c1-21-15-11(16)8-17-9-14(15)20-7-10-2-3-12-13(6-10)19-5-4-18-12;1-5-3-2-4-6-5/h2-6,9,17,20H,7-8H2,1H3;5-6H,2-4H2,1H3/t;5-/m.0/s1. The van der Waals surface area contributed by atoms with Gasteiger partial charge >= 0.3 is 0 Å². The summed E-state index contributed by atoms with van der Waals surface area (Å²) >= 11 is 3.51. The van der Waals surface area contributed by atoms with Crippen LogP contribution in [-0.4, -0.2) is 36.2 Å². The molecule has 0 amide bonds. The summed E-state index contributed by atoms with van der Waals surface area (Å²) in [7, 11) is 1.67. The van der Waals surface area contributed by atoms with E-state index in [1.807, 2.05) is 24.4 Å². The first-order valence-corrected chi connectivity index (χ1v) is 10.00. The molecule has 3 heterocycles. The maximum Gasteiger partial charge on any atom is 0.155 e. The molecule has 2 aromatic rings. The Morgan fingerprint density at radius 2 is 2.07 bits per heavy atom. The second kappa shape index (κ2) is 9.71. The Kier molecular flexibility index (Phi) is 7.06. The van der Waals surface area contributed by atoms with Gasteiger partial charge < -0.3 is 20.7 Å². The van der Waals surface area contributed by atoms with Gasteiger partial charge in [-0.2, -0.15) is 0 Å². The van der Waals surface area contributed by atoms with Crippen molar-refractivity contribution in [3.63, 3.8) is 0 Å². The maximum atomic E-state index is 5.41. The number of ether oxygens (including phenoxy) is 1. The third-order valence-corrected chi connectivity index (χ3v) is 5.16. The fraction of sp³-hybridized carbons (Fsp3) is 0.400. The van der Waals surface area contributed by atoms with Gasteiger partial charge in [0, 0.05) is 37.7 Å². The second-order valence-corrected chi connectivity index (χ2v) is 7.56. The topological polar surface area (TPSA) is 71.1 Å². The predicted molar refractivity (Wildman–Crippen MR) is 112 cm³/mol. The van der Waals surface area contributed by atoms with Crippen LogP contribution >= 0.6 is 15.9 Å². The zero-order valence-electron chi connectivity index (χ0n) is 15.8. The summed E-state index contributed by atoms with van der Waals surface area (Å²) < 4.78 is 6.41. The van der Waals surface area contributed by atoms with Crippen molar-refractivity contribution < 1.29 is 4.74 Å². The molecule has 0 saturated carbocycles. The number of hydrogen-bond donors (Lipinski definition) is 3. The average Bonchev–Trinajstić information content (AvgIpc) is 3.17. The molecule has 0 aliphatic carbocycles. The lowest BCUT2D eigenvalue weighted by atomic mass is 10.2. The quantitative estimate of drug-likeness (QED) is 0.690. The molecule has 1 atom stereocenters. The van der Waals surface area contributed by atoms with Crippen molar-refractivity contribution in [3.8, 4) is 0 Å². The Bertz CT molecular complexity index is 830. The fourth-order valence-electron chi connectivity index (χ4n) is 3.06. The highest BCUT2D eigenvalue weighted by Gasteiger charge is 2.14. The Morgan fingerprint density at radius 3 is 2.74 bits per heavy atom. The number of hydrogen-bond acceptors (Lipinski definition) is 6. The monoisotopic (exact) mass is 431 g/mol. The van der Waals surface area contributed by atoms with Crippen molar-refractivity contribution in [2.24, 2.45) is 0 Å². The number of methoxy groups -OCH3 is 1. The van der Waals surface area contributed by atoms with Gasteiger partial charge in [0.1, 0.15) is 0 Å². The van der Waals surface area contributed by atoms with Crippen molar-refractivity contribution in [3.05, 3.63) is 58.3 Å². The molecular formula is C20H26BrN5O. The molecule has 7 heteroatoms. The Hall–Kier alpha value is -2.12. The highest BCUT2D eigenvalue weighted by molar-refractivity contribution is 9.11. The predicted octanol–water partition coefficient (Wildman–Crippen LogP) is 3.18. The van der Waals surface area contributed by atoms with Crippen LogP contribution < -0.4 is 16.0 Å². The first-order valence-electron chi connectivity index (χ1n) is 9.21. The lowest BCUT2D eigenvalue weighted by molar-refractivity contribution is 0.290. The molecule has 0 bridgehead atoms. The molecule has 0 unspecified atom stereocenters. The summed E-state index contributed by atoms with van der Waals surface area (Å²) in [5, 5.41) is 9.87.